The fraction of sp³-hybridized carbons (Fsp3) is 0.267. The van der Waals surface area contributed by atoms with Crippen LogP contribution in [0.15, 0.2) is 40.0 Å². The zero-order valence-corrected chi connectivity index (χ0v) is 11.1. The van der Waals surface area contributed by atoms with Gasteiger partial charge in [-0.1, -0.05) is 6.07 Å². The molecule has 1 rings (SSSR count). The predicted molar refractivity (Wildman–Crippen MR) is 79.4 cm³/mol. The molecular weight excluding hydrogens is 236 g/mol. The van der Waals surface area contributed by atoms with Gasteiger partial charge >= 0.3 is 0 Å². The van der Waals surface area contributed by atoms with E-state index in [0.717, 1.165) is 23.1 Å². The van der Waals surface area contributed by atoms with Gasteiger partial charge in [-0.3, -0.25) is 9.98 Å². The fourth-order valence-electron chi connectivity index (χ4n) is 1.65. The van der Waals surface area contributed by atoms with Gasteiger partial charge in [0.1, 0.15) is 0 Å². The van der Waals surface area contributed by atoms with E-state index in [0.29, 0.717) is 18.7 Å². The molecule has 0 spiro atoms. The summed E-state index contributed by atoms with van der Waals surface area (Å²) < 4.78 is 0. The Morgan fingerprint density at radius 2 is 2.32 bits per heavy atom. The molecule has 1 aromatic carbocycles. The number of aliphatic imine (C=N–C) groups is 2. The molecule has 0 unspecified atom stereocenters. The van der Waals surface area contributed by atoms with Gasteiger partial charge < -0.3 is 5.73 Å². The van der Waals surface area contributed by atoms with Gasteiger partial charge in [-0.2, -0.15) is 5.26 Å². The minimum Gasteiger partial charge on any atom is -0.330 e. The van der Waals surface area contributed by atoms with Gasteiger partial charge in [-0.25, -0.2) is 0 Å². The highest BCUT2D eigenvalue weighted by atomic mass is 14.7. The lowest BCUT2D eigenvalue weighted by Gasteiger charge is -2.03. The molecule has 0 heterocycles. The van der Waals surface area contributed by atoms with Gasteiger partial charge in [0.05, 0.1) is 18.2 Å². The Hall–Kier alpha value is -2.25. The average molecular weight is 254 g/mol. The van der Waals surface area contributed by atoms with Crippen LogP contribution >= 0.6 is 0 Å². The Bertz CT molecular complexity index is 536. The molecule has 0 amide bonds. The maximum Gasteiger partial charge on any atom is 0.0991 e. The lowest BCUT2D eigenvalue weighted by Crippen LogP contribution is -2.01. The number of rotatable bonds is 6. The number of benzene rings is 1. The Labute approximate surface area is 114 Å². The molecule has 0 aliphatic rings. The standard InChI is InChI=1S/C15H18N4/c1-12-7-13(8-17)3-4-15(12)11-19-10-14(5-6-16)9-18-2/h3-4,7,9-10H,2,5-6,11,16H2,1H3/b14-9-,19-10?. The number of hydrogen-bond donors (Lipinski definition) is 1. The Kier molecular flexibility index (Phi) is 6.20. The fourth-order valence-corrected chi connectivity index (χ4v) is 1.65. The molecule has 0 saturated carbocycles. The Morgan fingerprint density at radius 1 is 1.53 bits per heavy atom. The van der Waals surface area contributed by atoms with Crippen LogP contribution in [-0.4, -0.2) is 19.5 Å². The molecule has 0 atom stereocenters. The van der Waals surface area contributed by atoms with E-state index in [2.05, 4.69) is 22.8 Å². The van der Waals surface area contributed by atoms with E-state index in [9.17, 15) is 0 Å². The summed E-state index contributed by atoms with van der Waals surface area (Å²) in [5.41, 5.74) is 9.31. The van der Waals surface area contributed by atoms with E-state index in [1.165, 1.54) is 0 Å². The summed E-state index contributed by atoms with van der Waals surface area (Å²) in [7, 11) is 0. The maximum absolute atomic E-state index is 8.80. The minimum atomic E-state index is 0.559. The lowest BCUT2D eigenvalue weighted by atomic mass is 10.1. The zero-order chi connectivity index (χ0) is 14.1. The molecule has 4 heteroatoms. The lowest BCUT2D eigenvalue weighted by molar-refractivity contribution is 0.976. The van der Waals surface area contributed by atoms with Crippen molar-refractivity contribution >= 4 is 12.9 Å². The third-order valence-electron chi connectivity index (χ3n) is 2.68. The Morgan fingerprint density at radius 3 is 2.89 bits per heavy atom. The van der Waals surface area contributed by atoms with E-state index < -0.39 is 0 Å². The molecule has 0 aromatic heterocycles. The highest BCUT2D eigenvalue weighted by molar-refractivity contribution is 5.78. The highest BCUT2D eigenvalue weighted by Gasteiger charge is 1.99. The molecule has 4 nitrogen and oxygen atoms in total. The van der Waals surface area contributed by atoms with E-state index in [1.54, 1.807) is 18.5 Å². The van der Waals surface area contributed by atoms with E-state index >= 15 is 0 Å². The summed E-state index contributed by atoms with van der Waals surface area (Å²) >= 11 is 0. The monoisotopic (exact) mass is 254 g/mol. The van der Waals surface area contributed by atoms with E-state index in [4.69, 9.17) is 11.0 Å². The molecule has 0 bridgehead atoms. The van der Waals surface area contributed by atoms with E-state index in [1.807, 2.05) is 19.1 Å². The van der Waals surface area contributed by atoms with Crippen LogP contribution in [0.5, 0.6) is 0 Å². The second-order valence-corrected chi connectivity index (χ2v) is 4.15. The van der Waals surface area contributed by atoms with Crippen molar-refractivity contribution < 1.29 is 0 Å². The van der Waals surface area contributed by atoms with Crippen molar-refractivity contribution in [2.24, 2.45) is 15.7 Å². The predicted octanol–water partition coefficient (Wildman–Crippen LogP) is 2.37. The van der Waals surface area contributed by atoms with Crippen LogP contribution in [0.3, 0.4) is 0 Å². The number of aryl methyl sites for hydroxylation is 1. The summed E-state index contributed by atoms with van der Waals surface area (Å²) in [4.78, 5) is 8.10. The van der Waals surface area contributed by atoms with Gasteiger partial charge in [-0.15, -0.1) is 0 Å². The van der Waals surface area contributed by atoms with E-state index in [-0.39, 0.29) is 0 Å². The number of nitrogens with two attached hydrogens (primary N) is 1. The molecule has 0 saturated heterocycles. The largest absolute Gasteiger partial charge is 0.330 e. The van der Waals surface area contributed by atoms with Crippen molar-refractivity contribution in [1.29, 1.82) is 5.26 Å². The van der Waals surface area contributed by atoms with Crippen molar-refractivity contribution in [1.82, 2.24) is 0 Å². The first kappa shape index (κ1) is 14.8. The third-order valence-corrected chi connectivity index (χ3v) is 2.68. The quantitative estimate of drug-likeness (QED) is 0.791. The normalized spacial score (nSPS) is 11.5. The van der Waals surface area contributed by atoms with Gasteiger partial charge in [0.2, 0.25) is 0 Å². The van der Waals surface area contributed by atoms with Crippen LogP contribution in [0.2, 0.25) is 0 Å². The zero-order valence-electron chi connectivity index (χ0n) is 11.1. The second-order valence-electron chi connectivity index (χ2n) is 4.15. The number of nitrogens with zero attached hydrogens (tertiary/aromatic N) is 3. The van der Waals surface area contributed by atoms with Gasteiger partial charge in [0, 0.05) is 12.4 Å². The number of nitriles is 1. The smallest absolute Gasteiger partial charge is 0.0991 e. The molecule has 0 aliphatic carbocycles. The molecule has 0 radical (unpaired) electrons. The van der Waals surface area contributed by atoms with Crippen LogP contribution in [-0.2, 0) is 6.54 Å². The first-order valence-electron chi connectivity index (χ1n) is 6.05. The first-order valence-corrected chi connectivity index (χ1v) is 6.05. The maximum atomic E-state index is 8.80. The number of hydrogen-bond acceptors (Lipinski definition) is 4. The molecule has 19 heavy (non-hydrogen) atoms. The van der Waals surface area contributed by atoms with Crippen molar-refractivity contribution in [2.75, 3.05) is 6.54 Å². The summed E-state index contributed by atoms with van der Waals surface area (Å²) in [5, 5.41) is 8.80. The van der Waals surface area contributed by atoms with Crippen LogP contribution in [0, 0.1) is 18.3 Å². The molecule has 1 aromatic rings. The van der Waals surface area contributed by atoms with Crippen LogP contribution in [0.25, 0.3) is 0 Å². The van der Waals surface area contributed by atoms with Crippen LogP contribution in [0.4, 0.5) is 0 Å². The van der Waals surface area contributed by atoms with Crippen molar-refractivity contribution in [3.8, 4) is 6.07 Å². The summed E-state index contributed by atoms with van der Waals surface area (Å²) in [6, 6.07) is 7.73. The van der Waals surface area contributed by atoms with Gasteiger partial charge in [-0.05, 0) is 55.4 Å². The van der Waals surface area contributed by atoms with Crippen LogP contribution < -0.4 is 5.73 Å². The third kappa shape index (κ3) is 4.86. The first-order chi connectivity index (χ1) is 9.21. The highest BCUT2D eigenvalue weighted by Crippen LogP contribution is 2.11. The molecule has 98 valence electrons. The molecule has 0 fully saturated rings. The second kappa shape index (κ2) is 7.96. The molecule has 2 N–H and O–H groups in total. The van der Waals surface area contributed by atoms with Crippen molar-refractivity contribution in [2.45, 2.75) is 19.9 Å². The molecule has 0 aliphatic heterocycles. The minimum absolute atomic E-state index is 0.559. The average Bonchev–Trinajstić information content (AvgIpc) is 2.41. The molecular formula is C15H18N4. The van der Waals surface area contributed by atoms with Crippen LogP contribution in [0.1, 0.15) is 23.1 Å². The summed E-state index contributed by atoms with van der Waals surface area (Å²) in [6.07, 6.45) is 4.18. The summed E-state index contributed by atoms with van der Waals surface area (Å²) in [5.74, 6) is 0. The van der Waals surface area contributed by atoms with Gasteiger partial charge in [0.15, 0.2) is 0 Å². The van der Waals surface area contributed by atoms with Crippen molar-refractivity contribution in [3.05, 3.63) is 46.7 Å². The topological polar surface area (TPSA) is 74.5 Å². The SMILES string of the molecule is C=N/C=C(\C=NCc1ccc(C#N)cc1C)CCN. The van der Waals surface area contributed by atoms with Gasteiger partial charge in [0.25, 0.3) is 0 Å². The summed E-state index contributed by atoms with van der Waals surface area (Å²) in [6.45, 7) is 6.54. The Balaban J connectivity index is 2.73. The van der Waals surface area contributed by atoms with Crippen molar-refractivity contribution in [3.63, 3.8) is 0 Å².